The quantitative estimate of drug-likeness (QED) is 0.909. The highest BCUT2D eigenvalue weighted by molar-refractivity contribution is 9.10. The van der Waals surface area contributed by atoms with Gasteiger partial charge in [-0.1, -0.05) is 22.0 Å². The largest absolute Gasteiger partial charge is 0.435 e. The van der Waals surface area contributed by atoms with Crippen molar-refractivity contribution in [3.63, 3.8) is 0 Å². The number of aliphatic hydroxyl groups is 1. The summed E-state index contributed by atoms with van der Waals surface area (Å²) in [6.07, 6.45) is -4.07. The van der Waals surface area contributed by atoms with Crippen molar-refractivity contribution in [1.82, 2.24) is 9.78 Å². The van der Waals surface area contributed by atoms with Crippen LogP contribution in [0.5, 0.6) is 0 Å². The average Bonchev–Trinajstić information content (AvgIpc) is 2.77. The van der Waals surface area contributed by atoms with Crippen LogP contribution >= 0.6 is 15.9 Å². The van der Waals surface area contributed by atoms with Crippen LogP contribution in [0.4, 0.5) is 13.2 Å². The number of hydrogen-bond acceptors (Lipinski definition) is 2. The van der Waals surface area contributed by atoms with E-state index in [9.17, 15) is 18.3 Å². The first-order chi connectivity index (χ1) is 8.79. The minimum Gasteiger partial charge on any atom is -0.389 e. The summed E-state index contributed by atoms with van der Waals surface area (Å²) in [6.45, 7) is 1.54. The van der Waals surface area contributed by atoms with Gasteiger partial charge in [-0.3, -0.25) is 0 Å². The van der Waals surface area contributed by atoms with Gasteiger partial charge in [0.05, 0.1) is 11.8 Å². The van der Waals surface area contributed by atoms with E-state index in [0.717, 1.165) is 10.7 Å². The second-order valence-corrected chi connectivity index (χ2v) is 4.94. The molecule has 3 nitrogen and oxygen atoms in total. The third-order valence-corrected chi connectivity index (χ3v) is 3.06. The first-order valence-corrected chi connectivity index (χ1v) is 6.19. The Hall–Kier alpha value is -1.34. The van der Waals surface area contributed by atoms with Crippen LogP contribution in [0.2, 0.25) is 0 Å². The number of benzene rings is 1. The molecule has 0 aliphatic carbocycles. The monoisotopic (exact) mass is 334 g/mol. The molecule has 0 aliphatic rings. The molecule has 1 aromatic heterocycles. The molecule has 19 heavy (non-hydrogen) atoms. The minimum absolute atomic E-state index is 0.403. The van der Waals surface area contributed by atoms with Gasteiger partial charge in [0.2, 0.25) is 0 Å². The molecule has 0 aliphatic heterocycles. The molecule has 0 saturated heterocycles. The van der Waals surface area contributed by atoms with Crippen molar-refractivity contribution in [2.24, 2.45) is 0 Å². The Morgan fingerprint density at radius 2 is 2.00 bits per heavy atom. The summed E-state index contributed by atoms with van der Waals surface area (Å²) in [6, 6.07) is 5.85. The fourth-order valence-electron chi connectivity index (χ4n) is 1.68. The molecule has 2 aromatic rings. The molecule has 1 heterocycles. The Bertz CT molecular complexity index is 593. The smallest absolute Gasteiger partial charge is 0.389 e. The predicted octanol–water partition coefficient (Wildman–Crippen LogP) is 3.71. The zero-order valence-corrected chi connectivity index (χ0v) is 11.4. The van der Waals surface area contributed by atoms with E-state index >= 15 is 0 Å². The van der Waals surface area contributed by atoms with Crippen molar-refractivity contribution in [1.29, 1.82) is 0 Å². The van der Waals surface area contributed by atoms with Gasteiger partial charge in [-0.25, -0.2) is 4.68 Å². The van der Waals surface area contributed by atoms with E-state index < -0.39 is 18.0 Å². The van der Waals surface area contributed by atoms with Crippen molar-refractivity contribution in [2.45, 2.75) is 19.2 Å². The molecule has 0 amide bonds. The van der Waals surface area contributed by atoms with Crippen molar-refractivity contribution < 1.29 is 18.3 Å². The molecule has 1 atom stereocenters. The molecular weight excluding hydrogens is 325 g/mol. The van der Waals surface area contributed by atoms with Crippen molar-refractivity contribution in [2.75, 3.05) is 0 Å². The number of aliphatic hydroxyl groups excluding tert-OH is 1. The molecular formula is C12H10BrF3N2O. The lowest BCUT2D eigenvalue weighted by Crippen LogP contribution is -2.08. The Morgan fingerprint density at radius 3 is 2.53 bits per heavy atom. The summed E-state index contributed by atoms with van der Waals surface area (Å²) in [4.78, 5) is 0. The summed E-state index contributed by atoms with van der Waals surface area (Å²) >= 11 is 3.24. The van der Waals surface area contributed by atoms with Crippen molar-refractivity contribution in [3.05, 3.63) is 46.2 Å². The molecule has 0 fully saturated rings. The van der Waals surface area contributed by atoms with E-state index in [2.05, 4.69) is 21.0 Å². The van der Waals surface area contributed by atoms with Gasteiger partial charge in [0, 0.05) is 16.2 Å². The molecule has 1 N–H and O–H groups in total. The van der Waals surface area contributed by atoms with E-state index in [1.54, 1.807) is 25.1 Å². The molecule has 1 unspecified atom stereocenters. The maximum absolute atomic E-state index is 12.5. The highest BCUT2D eigenvalue weighted by atomic mass is 79.9. The molecule has 0 radical (unpaired) electrons. The lowest BCUT2D eigenvalue weighted by atomic mass is 10.1. The van der Waals surface area contributed by atoms with Crippen LogP contribution in [0.1, 0.15) is 24.3 Å². The van der Waals surface area contributed by atoms with Gasteiger partial charge in [0.1, 0.15) is 0 Å². The second kappa shape index (κ2) is 4.97. The van der Waals surface area contributed by atoms with Crippen LogP contribution in [0, 0.1) is 0 Å². The van der Waals surface area contributed by atoms with Crippen molar-refractivity contribution >= 4 is 15.9 Å². The molecule has 0 bridgehead atoms. The standard InChI is InChI=1S/C12H10BrF3N2O/c1-7(19)9-3-2-8(13)6-10(9)18-5-4-11(17-18)12(14,15)16/h2-7,19H,1H3. The summed E-state index contributed by atoms with van der Waals surface area (Å²) in [7, 11) is 0. The summed E-state index contributed by atoms with van der Waals surface area (Å²) in [5, 5.41) is 13.1. The minimum atomic E-state index is -4.48. The van der Waals surface area contributed by atoms with E-state index in [1.807, 2.05) is 0 Å². The summed E-state index contributed by atoms with van der Waals surface area (Å²) < 4.78 is 39.4. The van der Waals surface area contributed by atoms with Gasteiger partial charge < -0.3 is 5.11 Å². The van der Waals surface area contributed by atoms with Gasteiger partial charge in [0.25, 0.3) is 0 Å². The topological polar surface area (TPSA) is 38.0 Å². The van der Waals surface area contributed by atoms with Crippen molar-refractivity contribution in [3.8, 4) is 5.69 Å². The number of rotatable bonds is 2. The highest BCUT2D eigenvalue weighted by Gasteiger charge is 2.33. The van der Waals surface area contributed by atoms with Crippen LogP contribution in [-0.2, 0) is 6.18 Å². The zero-order valence-electron chi connectivity index (χ0n) is 9.82. The Kier molecular flexibility index (Phi) is 3.69. The molecule has 102 valence electrons. The van der Waals surface area contributed by atoms with Crippen LogP contribution in [0.15, 0.2) is 34.9 Å². The number of alkyl halides is 3. The van der Waals surface area contributed by atoms with E-state index in [4.69, 9.17) is 0 Å². The fourth-order valence-corrected chi connectivity index (χ4v) is 2.03. The highest BCUT2D eigenvalue weighted by Crippen LogP contribution is 2.30. The van der Waals surface area contributed by atoms with Crippen LogP contribution < -0.4 is 0 Å². The maximum Gasteiger partial charge on any atom is 0.435 e. The lowest BCUT2D eigenvalue weighted by Gasteiger charge is -2.12. The van der Waals surface area contributed by atoms with Gasteiger partial charge in [-0.2, -0.15) is 18.3 Å². The SMILES string of the molecule is CC(O)c1ccc(Br)cc1-n1ccc(C(F)(F)F)n1. The lowest BCUT2D eigenvalue weighted by molar-refractivity contribution is -0.141. The number of hydrogen-bond donors (Lipinski definition) is 1. The number of aromatic nitrogens is 2. The van der Waals surface area contributed by atoms with E-state index in [-0.39, 0.29) is 0 Å². The Morgan fingerprint density at radius 1 is 1.32 bits per heavy atom. The first-order valence-electron chi connectivity index (χ1n) is 5.40. The second-order valence-electron chi connectivity index (χ2n) is 4.02. The van der Waals surface area contributed by atoms with Crippen LogP contribution in [0.3, 0.4) is 0 Å². The Balaban J connectivity index is 2.52. The normalized spacial score (nSPS) is 13.6. The predicted molar refractivity (Wildman–Crippen MR) is 66.9 cm³/mol. The van der Waals surface area contributed by atoms with E-state index in [1.165, 1.54) is 6.20 Å². The van der Waals surface area contributed by atoms with Crippen LogP contribution in [0.25, 0.3) is 5.69 Å². The molecule has 0 saturated carbocycles. The summed E-state index contributed by atoms with van der Waals surface area (Å²) in [5.41, 5.74) is -0.0658. The first kappa shape index (κ1) is 14.1. The van der Waals surface area contributed by atoms with Gasteiger partial charge in [-0.05, 0) is 25.1 Å². The number of halogens is 4. The molecule has 1 aromatic carbocycles. The van der Waals surface area contributed by atoms with Gasteiger partial charge in [0.15, 0.2) is 5.69 Å². The van der Waals surface area contributed by atoms with Crippen LogP contribution in [-0.4, -0.2) is 14.9 Å². The molecule has 2 rings (SSSR count). The summed E-state index contributed by atoms with van der Waals surface area (Å²) in [5.74, 6) is 0. The molecule has 7 heteroatoms. The third-order valence-electron chi connectivity index (χ3n) is 2.57. The maximum atomic E-state index is 12.5. The van der Waals surface area contributed by atoms with Gasteiger partial charge in [-0.15, -0.1) is 0 Å². The zero-order chi connectivity index (χ0) is 14.2. The van der Waals surface area contributed by atoms with E-state index in [0.29, 0.717) is 15.7 Å². The molecule has 0 spiro atoms. The third kappa shape index (κ3) is 2.98. The fraction of sp³-hybridized carbons (Fsp3) is 0.250. The number of nitrogens with zero attached hydrogens (tertiary/aromatic N) is 2. The average molecular weight is 335 g/mol. The van der Waals surface area contributed by atoms with Gasteiger partial charge >= 0.3 is 6.18 Å². The Labute approximate surface area is 115 Å².